The summed E-state index contributed by atoms with van der Waals surface area (Å²) in [5.74, 6) is -6.07. The lowest BCUT2D eigenvalue weighted by Gasteiger charge is -2.31. The molecule has 17 heavy (non-hydrogen) atoms. The molecule has 2 nitrogen and oxygen atoms in total. The SMILES string of the molecule is FC1=C(F)N(C(F)(F)C(F)(F)F)C(F)=C(F)O1. The first-order valence-electron chi connectivity index (χ1n) is 3.53. The molecule has 0 aliphatic carbocycles. The summed E-state index contributed by atoms with van der Waals surface area (Å²) in [4.78, 5) is -2.12. The minimum atomic E-state index is -6.46. The number of alkyl halides is 5. The third-order valence-electron chi connectivity index (χ3n) is 1.52. The van der Waals surface area contributed by atoms with Crippen LogP contribution in [0.3, 0.4) is 0 Å². The van der Waals surface area contributed by atoms with Gasteiger partial charge < -0.3 is 4.74 Å². The van der Waals surface area contributed by atoms with Gasteiger partial charge in [0.2, 0.25) is 0 Å². The van der Waals surface area contributed by atoms with Crippen LogP contribution in [0.5, 0.6) is 0 Å². The van der Waals surface area contributed by atoms with Crippen LogP contribution >= 0.6 is 0 Å². The first-order chi connectivity index (χ1) is 7.50. The predicted molar refractivity (Wildman–Crippen MR) is 32.4 cm³/mol. The van der Waals surface area contributed by atoms with Crippen molar-refractivity contribution in [3.63, 3.8) is 0 Å². The number of hydrogen-bond donors (Lipinski definition) is 0. The van der Waals surface area contributed by atoms with Gasteiger partial charge in [0.1, 0.15) is 0 Å². The molecule has 0 amide bonds. The van der Waals surface area contributed by atoms with Crippen LogP contribution in [0.4, 0.5) is 39.5 Å². The molecule has 0 fully saturated rings. The van der Waals surface area contributed by atoms with E-state index in [2.05, 4.69) is 4.74 Å². The van der Waals surface area contributed by atoms with Crippen LogP contribution < -0.4 is 0 Å². The highest BCUT2D eigenvalue weighted by Crippen LogP contribution is 2.46. The second kappa shape index (κ2) is 3.74. The number of halogens is 9. The second-order valence-corrected chi connectivity index (χ2v) is 2.61. The fourth-order valence-electron chi connectivity index (χ4n) is 0.798. The molecule has 0 unspecified atom stereocenters. The molecule has 0 atom stereocenters. The van der Waals surface area contributed by atoms with E-state index in [-0.39, 0.29) is 0 Å². The predicted octanol–water partition coefficient (Wildman–Crippen LogP) is 3.60. The van der Waals surface area contributed by atoms with Crippen molar-refractivity contribution in [3.8, 4) is 0 Å². The van der Waals surface area contributed by atoms with E-state index in [1.807, 2.05) is 0 Å². The van der Waals surface area contributed by atoms with Gasteiger partial charge in [-0.15, -0.1) is 0 Å². The van der Waals surface area contributed by atoms with Gasteiger partial charge in [-0.05, 0) is 0 Å². The van der Waals surface area contributed by atoms with Crippen LogP contribution in [0, 0.1) is 0 Å². The van der Waals surface area contributed by atoms with Gasteiger partial charge in [-0.25, -0.2) is 4.90 Å². The van der Waals surface area contributed by atoms with Crippen LogP contribution in [0.2, 0.25) is 0 Å². The average molecular weight is 273 g/mol. The van der Waals surface area contributed by atoms with Crippen molar-refractivity contribution >= 4 is 0 Å². The van der Waals surface area contributed by atoms with E-state index >= 15 is 0 Å². The summed E-state index contributed by atoms with van der Waals surface area (Å²) in [6, 6.07) is -11.7. The van der Waals surface area contributed by atoms with Crippen LogP contribution in [-0.4, -0.2) is 17.1 Å². The molecule has 1 aliphatic rings. The Balaban J connectivity index is 3.32. The van der Waals surface area contributed by atoms with E-state index in [0.29, 0.717) is 0 Å². The first-order valence-corrected chi connectivity index (χ1v) is 3.53. The summed E-state index contributed by atoms with van der Waals surface area (Å²) in [6.07, 6.45) is -6.46. The van der Waals surface area contributed by atoms with Crippen molar-refractivity contribution in [3.05, 3.63) is 23.9 Å². The second-order valence-electron chi connectivity index (χ2n) is 2.61. The third-order valence-corrected chi connectivity index (χ3v) is 1.52. The molecule has 1 heterocycles. The minimum Gasteiger partial charge on any atom is -0.397 e. The Morgan fingerprint density at radius 3 is 1.41 bits per heavy atom. The highest BCUT2D eigenvalue weighted by molar-refractivity contribution is 5.14. The lowest BCUT2D eigenvalue weighted by Crippen LogP contribution is -2.51. The van der Waals surface area contributed by atoms with Crippen molar-refractivity contribution < 1.29 is 44.3 Å². The topological polar surface area (TPSA) is 12.5 Å². The molecule has 11 heteroatoms. The first kappa shape index (κ1) is 13.5. The van der Waals surface area contributed by atoms with Crippen LogP contribution in [0.25, 0.3) is 0 Å². The molecule has 0 bridgehead atoms. The maximum absolute atomic E-state index is 12.6. The maximum atomic E-state index is 12.6. The Morgan fingerprint density at radius 1 is 0.765 bits per heavy atom. The molecule has 0 spiro atoms. The molecule has 98 valence electrons. The van der Waals surface area contributed by atoms with Crippen LogP contribution in [0.1, 0.15) is 0 Å². The molecular formula is C6F9NO. The van der Waals surface area contributed by atoms with Crippen molar-refractivity contribution in [2.75, 3.05) is 0 Å². The molecule has 0 aromatic carbocycles. The smallest absolute Gasteiger partial charge is 0.397 e. The van der Waals surface area contributed by atoms with Crippen LogP contribution in [-0.2, 0) is 4.74 Å². The van der Waals surface area contributed by atoms with Gasteiger partial charge in [-0.3, -0.25) is 0 Å². The molecule has 0 saturated carbocycles. The standard InChI is InChI=1S/C6F9NO/c7-1-3(9)17-4(10)2(8)16(1)6(14,15)5(11,12)13. The molecule has 1 rings (SSSR count). The number of nitrogens with zero attached hydrogens (tertiary/aromatic N) is 1. The van der Waals surface area contributed by atoms with Crippen LogP contribution in [0.15, 0.2) is 23.9 Å². The quantitative estimate of drug-likeness (QED) is 0.534. The summed E-state index contributed by atoms with van der Waals surface area (Å²) < 4.78 is 113. The van der Waals surface area contributed by atoms with Gasteiger partial charge in [0.15, 0.2) is 0 Å². The van der Waals surface area contributed by atoms with E-state index < -0.39 is 41.1 Å². The zero-order chi connectivity index (χ0) is 13.6. The Kier molecular flexibility index (Phi) is 2.97. The molecule has 0 aromatic heterocycles. The third kappa shape index (κ3) is 2.00. The summed E-state index contributed by atoms with van der Waals surface area (Å²) >= 11 is 0. The van der Waals surface area contributed by atoms with Crippen molar-refractivity contribution in [1.29, 1.82) is 0 Å². The average Bonchev–Trinajstić information content (AvgIpc) is 2.13. The summed E-state index contributed by atoms with van der Waals surface area (Å²) in [7, 11) is 0. The van der Waals surface area contributed by atoms with Crippen molar-refractivity contribution in [1.82, 2.24) is 4.90 Å². The number of ether oxygens (including phenoxy) is 1. The zero-order valence-corrected chi connectivity index (χ0v) is 7.26. The van der Waals surface area contributed by atoms with Gasteiger partial charge in [0.25, 0.3) is 11.9 Å². The molecule has 0 saturated heterocycles. The Labute approximate surface area is 86.5 Å². The molecular weight excluding hydrogens is 273 g/mol. The van der Waals surface area contributed by atoms with E-state index in [1.54, 1.807) is 0 Å². The summed E-state index contributed by atoms with van der Waals surface area (Å²) in [5.41, 5.74) is 0. The molecule has 0 N–H and O–H groups in total. The molecule has 1 aliphatic heterocycles. The molecule has 0 aromatic rings. The lowest BCUT2D eigenvalue weighted by atomic mass is 10.4. The Hall–Kier alpha value is -1.55. The normalized spacial score (nSPS) is 18.8. The van der Waals surface area contributed by atoms with E-state index in [1.165, 1.54) is 0 Å². The van der Waals surface area contributed by atoms with Gasteiger partial charge in [-0.2, -0.15) is 39.5 Å². The van der Waals surface area contributed by atoms with E-state index in [4.69, 9.17) is 0 Å². The largest absolute Gasteiger partial charge is 0.476 e. The summed E-state index contributed by atoms with van der Waals surface area (Å²) in [6.45, 7) is 0. The fourth-order valence-corrected chi connectivity index (χ4v) is 0.798. The Bertz CT molecular complexity index is 371. The lowest BCUT2D eigenvalue weighted by molar-refractivity contribution is -0.336. The zero-order valence-electron chi connectivity index (χ0n) is 7.26. The highest BCUT2D eigenvalue weighted by Gasteiger charge is 2.66. The Morgan fingerprint density at radius 2 is 1.12 bits per heavy atom. The summed E-state index contributed by atoms with van der Waals surface area (Å²) in [5, 5.41) is 0. The van der Waals surface area contributed by atoms with Gasteiger partial charge in [-0.1, -0.05) is 0 Å². The molecule has 0 radical (unpaired) electrons. The number of hydrogen-bond acceptors (Lipinski definition) is 2. The van der Waals surface area contributed by atoms with E-state index in [9.17, 15) is 39.5 Å². The van der Waals surface area contributed by atoms with E-state index in [0.717, 1.165) is 0 Å². The monoisotopic (exact) mass is 273 g/mol. The van der Waals surface area contributed by atoms with Gasteiger partial charge >= 0.3 is 24.2 Å². The van der Waals surface area contributed by atoms with Crippen molar-refractivity contribution in [2.45, 2.75) is 12.2 Å². The fraction of sp³-hybridized carbons (Fsp3) is 0.333. The van der Waals surface area contributed by atoms with Gasteiger partial charge in [0.05, 0.1) is 0 Å². The maximum Gasteiger partial charge on any atom is 0.476 e. The van der Waals surface area contributed by atoms with Gasteiger partial charge in [0, 0.05) is 0 Å². The number of rotatable bonds is 1. The minimum absolute atomic E-state index is 2.12. The highest BCUT2D eigenvalue weighted by atomic mass is 19.4. The van der Waals surface area contributed by atoms with Crippen molar-refractivity contribution in [2.24, 2.45) is 0 Å².